The van der Waals surface area contributed by atoms with Crippen molar-refractivity contribution in [1.82, 2.24) is 14.9 Å². The van der Waals surface area contributed by atoms with Crippen LogP contribution in [0.4, 0.5) is 15.9 Å². The van der Waals surface area contributed by atoms with Crippen molar-refractivity contribution in [3.8, 4) is 5.75 Å². The Morgan fingerprint density at radius 2 is 2.24 bits per heavy atom. The van der Waals surface area contributed by atoms with Crippen LogP contribution in [0.1, 0.15) is 12.0 Å². The lowest BCUT2D eigenvalue weighted by Crippen LogP contribution is -2.51. The van der Waals surface area contributed by atoms with Gasteiger partial charge >= 0.3 is 5.97 Å². The van der Waals surface area contributed by atoms with Crippen LogP contribution in [0.5, 0.6) is 5.75 Å². The summed E-state index contributed by atoms with van der Waals surface area (Å²) in [6, 6.07) is 7.78. The summed E-state index contributed by atoms with van der Waals surface area (Å²) >= 11 is 5.86. The third-order valence-electron chi connectivity index (χ3n) is 5.03. The largest absolute Gasteiger partial charge is 0.496 e. The number of anilines is 2. The van der Waals surface area contributed by atoms with Crippen molar-refractivity contribution >= 4 is 40.0 Å². The third-order valence-corrected chi connectivity index (χ3v) is 5.32. The lowest BCUT2D eigenvalue weighted by molar-refractivity contribution is -0.148. The Balaban J connectivity index is 1.73. The van der Waals surface area contributed by atoms with E-state index in [9.17, 15) is 14.3 Å². The van der Waals surface area contributed by atoms with E-state index in [1.807, 2.05) is 11.0 Å². The molecule has 2 aromatic carbocycles. The molecule has 9 heteroatoms. The molecule has 1 aliphatic heterocycles. The first-order chi connectivity index (χ1) is 14.0. The topological polar surface area (TPSA) is 87.6 Å². The van der Waals surface area contributed by atoms with E-state index < -0.39 is 17.8 Å². The second-order valence-electron chi connectivity index (χ2n) is 6.74. The first-order valence-electron chi connectivity index (χ1n) is 8.97. The van der Waals surface area contributed by atoms with Gasteiger partial charge in [-0.1, -0.05) is 17.7 Å². The predicted octanol–water partition coefficient (Wildman–Crippen LogP) is 3.83. The maximum atomic E-state index is 14.3. The Morgan fingerprint density at radius 3 is 2.93 bits per heavy atom. The fraction of sp³-hybridized carbons (Fsp3) is 0.250. The number of carboxylic acid groups (broad SMARTS) is 1. The Labute approximate surface area is 171 Å². The molecule has 1 saturated heterocycles. The normalized spacial score (nSPS) is 16.4. The number of aliphatic carboxylic acids is 1. The van der Waals surface area contributed by atoms with Gasteiger partial charge < -0.3 is 15.2 Å². The number of carbonyl (C=O) groups is 1. The van der Waals surface area contributed by atoms with Crippen molar-refractivity contribution in [3.63, 3.8) is 0 Å². The zero-order valence-electron chi connectivity index (χ0n) is 15.5. The van der Waals surface area contributed by atoms with Crippen LogP contribution in [0.15, 0.2) is 36.7 Å². The van der Waals surface area contributed by atoms with E-state index in [0.717, 1.165) is 5.56 Å². The van der Waals surface area contributed by atoms with Crippen LogP contribution in [-0.2, 0) is 11.3 Å². The molecular formula is C20H18ClFN4O3. The molecule has 2 N–H and O–H groups in total. The third kappa shape index (κ3) is 3.68. The molecule has 2 heterocycles. The number of fused-ring (bicyclic) bond motifs is 1. The van der Waals surface area contributed by atoms with Gasteiger partial charge in [0.25, 0.3) is 0 Å². The van der Waals surface area contributed by atoms with Crippen molar-refractivity contribution < 1.29 is 19.0 Å². The number of hydrogen-bond donors (Lipinski definition) is 2. The molecule has 7 nitrogen and oxygen atoms in total. The quantitative estimate of drug-likeness (QED) is 0.631. The molecule has 0 bridgehead atoms. The minimum absolute atomic E-state index is 0.00761. The Kier molecular flexibility index (Phi) is 5.21. The molecule has 0 aliphatic carbocycles. The van der Waals surface area contributed by atoms with Crippen molar-refractivity contribution in [2.45, 2.75) is 19.0 Å². The highest BCUT2D eigenvalue weighted by Gasteiger charge is 2.34. The Hall–Kier alpha value is -2.97. The second kappa shape index (κ2) is 7.81. The number of aromatic nitrogens is 2. The van der Waals surface area contributed by atoms with Gasteiger partial charge in [-0.15, -0.1) is 0 Å². The maximum absolute atomic E-state index is 14.3. The van der Waals surface area contributed by atoms with Gasteiger partial charge in [0.05, 0.1) is 23.3 Å². The SMILES string of the molecule is COc1cc2ncnc(Nc3cccc(Cl)c3F)c2cc1CN1CCC1C(=O)O. The number of likely N-dealkylation sites (tertiary alicyclic amines) is 1. The van der Waals surface area contributed by atoms with Gasteiger partial charge in [-0.3, -0.25) is 9.69 Å². The van der Waals surface area contributed by atoms with Gasteiger partial charge in [0, 0.05) is 30.1 Å². The molecule has 1 unspecified atom stereocenters. The molecule has 1 fully saturated rings. The Morgan fingerprint density at radius 1 is 1.41 bits per heavy atom. The van der Waals surface area contributed by atoms with Gasteiger partial charge in [0.2, 0.25) is 0 Å². The van der Waals surface area contributed by atoms with E-state index in [1.165, 1.54) is 12.4 Å². The number of rotatable bonds is 6. The van der Waals surface area contributed by atoms with E-state index in [2.05, 4.69) is 15.3 Å². The average molecular weight is 417 g/mol. The van der Waals surface area contributed by atoms with Gasteiger partial charge in [-0.25, -0.2) is 14.4 Å². The van der Waals surface area contributed by atoms with Gasteiger partial charge in [0.1, 0.15) is 23.9 Å². The van der Waals surface area contributed by atoms with Gasteiger partial charge in [-0.2, -0.15) is 0 Å². The lowest BCUT2D eigenvalue weighted by Gasteiger charge is -2.38. The fourth-order valence-electron chi connectivity index (χ4n) is 3.40. The molecular weight excluding hydrogens is 399 g/mol. The predicted molar refractivity (Wildman–Crippen MR) is 107 cm³/mol. The molecule has 29 heavy (non-hydrogen) atoms. The van der Waals surface area contributed by atoms with Gasteiger partial charge in [-0.05, 0) is 24.6 Å². The van der Waals surface area contributed by atoms with Crippen molar-refractivity contribution in [1.29, 1.82) is 0 Å². The first kappa shape index (κ1) is 19.4. The lowest BCUT2D eigenvalue weighted by atomic mass is 10.0. The number of carboxylic acids is 1. The van der Waals surface area contributed by atoms with Crippen LogP contribution in [0.25, 0.3) is 10.9 Å². The molecule has 0 amide bonds. The van der Waals surface area contributed by atoms with Crippen molar-refractivity contribution in [2.24, 2.45) is 0 Å². The fourth-order valence-corrected chi connectivity index (χ4v) is 3.57. The highest BCUT2D eigenvalue weighted by Crippen LogP contribution is 2.33. The minimum atomic E-state index is -0.835. The summed E-state index contributed by atoms with van der Waals surface area (Å²) in [4.78, 5) is 21.7. The number of nitrogens with zero attached hydrogens (tertiary/aromatic N) is 3. The zero-order chi connectivity index (χ0) is 20.5. The summed E-state index contributed by atoms with van der Waals surface area (Å²) in [6.45, 7) is 1.11. The number of hydrogen-bond acceptors (Lipinski definition) is 6. The number of benzene rings is 2. The van der Waals surface area contributed by atoms with Crippen LogP contribution in [0.3, 0.4) is 0 Å². The zero-order valence-corrected chi connectivity index (χ0v) is 16.3. The molecule has 0 saturated carbocycles. The van der Waals surface area contributed by atoms with E-state index >= 15 is 0 Å². The van der Waals surface area contributed by atoms with Crippen LogP contribution in [0.2, 0.25) is 5.02 Å². The van der Waals surface area contributed by atoms with Crippen molar-refractivity contribution in [2.75, 3.05) is 19.0 Å². The van der Waals surface area contributed by atoms with Crippen LogP contribution >= 0.6 is 11.6 Å². The summed E-state index contributed by atoms with van der Waals surface area (Å²) < 4.78 is 19.8. The van der Waals surface area contributed by atoms with E-state index in [-0.39, 0.29) is 10.7 Å². The molecule has 3 aromatic rings. The maximum Gasteiger partial charge on any atom is 0.320 e. The number of methoxy groups -OCH3 is 1. The molecule has 1 aromatic heterocycles. The number of halogens is 2. The molecule has 150 valence electrons. The average Bonchev–Trinajstić information content (AvgIpc) is 2.68. The first-order valence-corrected chi connectivity index (χ1v) is 9.35. The summed E-state index contributed by atoms with van der Waals surface area (Å²) in [6.07, 6.45) is 2.00. The summed E-state index contributed by atoms with van der Waals surface area (Å²) in [5.41, 5.74) is 1.61. The summed E-state index contributed by atoms with van der Waals surface area (Å²) in [5.74, 6) is -0.386. The van der Waals surface area contributed by atoms with Crippen LogP contribution < -0.4 is 10.1 Å². The van der Waals surface area contributed by atoms with Crippen LogP contribution in [-0.4, -0.2) is 45.6 Å². The Bertz CT molecular complexity index is 1090. The van der Waals surface area contributed by atoms with Crippen LogP contribution in [0, 0.1) is 5.82 Å². The number of ether oxygens (including phenoxy) is 1. The highest BCUT2D eigenvalue weighted by molar-refractivity contribution is 6.31. The van der Waals surface area contributed by atoms with Crippen molar-refractivity contribution in [3.05, 3.63) is 53.1 Å². The monoisotopic (exact) mass is 416 g/mol. The van der Waals surface area contributed by atoms with E-state index in [0.29, 0.717) is 42.0 Å². The molecule has 1 aliphatic rings. The van der Waals surface area contributed by atoms with Gasteiger partial charge in [0.15, 0.2) is 5.82 Å². The number of nitrogens with one attached hydrogen (secondary N) is 1. The summed E-state index contributed by atoms with van der Waals surface area (Å²) in [5, 5.41) is 12.9. The molecule has 4 rings (SSSR count). The molecule has 0 spiro atoms. The molecule has 1 atom stereocenters. The van der Waals surface area contributed by atoms with E-state index in [4.69, 9.17) is 16.3 Å². The summed E-state index contributed by atoms with van der Waals surface area (Å²) in [7, 11) is 1.55. The van der Waals surface area contributed by atoms with E-state index in [1.54, 1.807) is 25.3 Å². The minimum Gasteiger partial charge on any atom is -0.496 e. The smallest absolute Gasteiger partial charge is 0.320 e. The molecule has 0 radical (unpaired) electrons. The highest BCUT2D eigenvalue weighted by atomic mass is 35.5. The second-order valence-corrected chi connectivity index (χ2v) is 7.15. The standard InChI is InChI=1S/C20H18ClFN4O3/c1-29-17-8-15-12(7-11(17)9-26-6-5-16(26)20(27)28)19(24-10-23-15)25-14-4-2-3-13(21)18(14)22/h2-4,7-8,10,16H,5-6,9H2,1H3,(H,27,28)(H,23,24,25).